The Balaban J connectivity index is 0.00000690. The number of hydrogen-bond acceptors (Lipinski definition) is 4. The summed E-state index contributed by atoms with van der Waals surface area (Å²) in [4.78, 5) is 9.81. The van der Waals surface area contributed by atoms with E-state index in [1.807, 2.05) is 12.3 Å². The standard InChI is InChI=1S/C74H74N5O.Pt/c1-70(2,3)48-38-49(71(4,5)6)40-52(39-48)77-46-76(63-33-22-23-34-64(63)77)51-25-24-26-53(43-51)80-54-44-65(78-60-30-19-16-27-55(60)56-28-17-20-31-61(56)78)69-57-29-18-21-32-62(57)79(66(69)45-54)67-37-47(35-36-75-67)68-58(73(10,11)12)41-50(72(7,8)9)42-59(68)74(13,14)15;/h16-42,44,46H,1-15H3;/q-3;. The van der Waals surface area contributed by atoms with Gasteiger partial charge < -0.3 is 23.7 Å². The zero-order chi connectivity index (χ0) is 56.4. The van der Waals surface area contributed by atoms with Gasteiger partial charge >= 0.3 is 0 Å². The van der Waals surface area contributed by atoms with E-state index in [-0.39, 0.29) is 48.1 Å². The molecule has 8 aromatic carbocycles. The van der Waals surface area contributed by atoms with Crippen molar-refractivity contribution in [2.45, 2.75) is 131 Å². The maximum Gasteiger partial charge on any atom is 0.136 e. The number of benzene rings is 8. The van der Waals surface area contributed by atoms with Crippen molar-refractivity contribution >= 4 is 66.4 Å². The Labute approximate surface area is 494 Å². The van der Waals surface area contributed by atoms with Crippen LogP contribution in [0.25, 0.3) is 66.2 Å². The van der Waals surface area contributed by atoms with Gasteiger partial charge in [0.2, 0.25) is 0 Å². The van der Waals surface area contributed by atoms with Crippen LogP contribution in [-0.4, -0.2) is 14.1 Å². The van der Waals surface area contributed by atoms with Crippen LogP contribution in [0.1, 0.15) is 132 Å². The van der Waals surface area contributed by atoms with E-state index < -0.39 is 0 Å². The molecule has 0 bridgehead atoms. The number of nitrogens with zero attached hydrogens (tertiary/aromatic N) is 5. The second kappa shape index (κ2) is 19.9. The Morgan fingerprint density at radius 1 is 0.432 bits per heavy atom. The molecule has 0 atom stereocenters. The fourth-order valence-electron chi connectivity index (χ4n) is 11.8. The van der Waals surface area contributed by atoms with Crippen LogP contribution in [0.4, 0.5) is 22.7 Å². The molecule has 0 spiro atoms. The van der Waals surface area contributed by atoms with Gasteiger partial charge in [-0.15, -0.1) is 42.7 Å². The van der Waals surface area contributed by atoms with Crippen molar-refractivity contribution in [3.8, 4) is 34.1 Å². The van der Waals surface area contributed by atoms with E-state index in [1.54, 1.807) is 0 Å². The Bertz CT molecular complexity index is 4110. The molecule has 0 radical (unpaired) electrons. The van der Waals surface area contributed by atoms with Gasteiger partial charge in [0.05, 0.1) is 11.0 Å². The van der Waals surface area contributed by atoms with Crippen LogP contribution in [0.5, 0.6) is 11.5 Å². The Morgan fingerprint density at radius 3 is 1.49 bits per heavy atom. The predicted octanol–water partition coefficient (Wildman–Crippen LogP) is 20.2. The van der Waals surface area contributed by atoms with Crippen LogP contribution in [-0.2, 0) is 48.1 Å². The summed E-state index contributed by atoms with van der Waals surface area (Å²) in [6.07, 6.45) is 1.98. The van der Waals surface area contributed by atoms with Crippen molar-refractivity contribution in [3.05, 3.63) is 217 Å². The maximum absolute atomic E-state index is 7.17. The monoisotopic (exact) mass is 1240 g/mol. The number of pyridine rings is 1. The summed E-state index contributed by atoms with van der Waals surface area (Å²) in [5.41, 5.74) is 17.9. The van der Waals surface area contributed by atoms with Gasteiger partial charge in [-0.2, -0.15) is 6.07 Å². The molecule has 1 aliphatic rings. The molecule has 4 heterocycles. The molecule has 12 rings (SSSR count). The SMILES string of the molecule is CC(C)(C)c1cc(N2[CH-]N(c3[c-]c(Oc4[c-]c5c(c(-n6c7ccccc7c7ccccc76)c4)c4ccccc4n5-c4cc(-c5c(C(C)(C)C)cc(C(C)(C)C)cc5C(C)(C)C)ccn4)ccc3)c3ccccc32)cc(C(C)(C)C)c1.[Pt]. The number of rotatable bonds is 7. The van der Waals surface area contributed by atoms with Crippen molar-refractivity contribution in [2.75, 3.05) is 9.80 Å². The minimum absolute atomic E-state index is 0. The third-order valence-electron chi connectivity index (χ3n) is 16.1. The Hall–Kier alpha value is -7.40. The summed E-state index contributed by atoms with van der Waals surface area (Å²) in [7, 11) is 0. The van der Waals surface area contributed by atoms with Gasteiger partial charge in [-0.25, -0.2) is 4.98 Å². The quantitative estimate of drug-likeness (QED) is 0.149. The van der Waals surface area contributed by atoms with E-state index in [0.717, 1.165) is 72.7 Å². The zero-order valence-electron chi connectivity index (χ0n) is 49.7. The van der Waals surface area contributed by atoms with Gasteiger partial charge in [0.25, 0.3) is 0 Å². The minimum Gasteiger partial charge on any atom is -0.509 e. The Kier molecular flexibility index (Phi) is 13.7. The van der Waals surface area contributed by atoms with Gasteiger partial charge in [0.1, 0.15) is 5.82 Å². The van der Waals surface area contributed by atoms with Crippen molar-refractivity contribution in [1.82, 2.24) is 14.1 Å². The summed E-state index contributed by atoms with van der Waals surface area (Å²) in [5.74, 6) is 1.94. The van der Waals surface area contributed by atoms with Crippen LogP contribution in [0.15, 0.2) is 170 Å². The van der Waals surface area contributed by atoms with Crippen LogP contribution in [0, 0.1) is 18.8 Å². The van der Waals surface area contributed by atoms with Gasteiger partial charge in [0.15, 0.2) is 0 Å². The second-order valence-corrected chi connectivity index (χ2v) is 27.2. The number of para-hydroxylation sites is 5. The molecule has 1 aliphatic heterocycles. The molecule has 0 saturated carbocycles. The average Bonchev–Trinajstić information content (AvgIpc) is 4.31. The molecule has 414 valence electrons. The molecular weight excluding hydrogens is 1170 g/mol. The molecule has 0 aliphatic carbocycles. The third kappa shape index (κ3) is 9.96. The molecule has 0 amide bonds. The number of hydrogen-bond donors (Lipinski definition) is 0. The second-order valence-electron chi connectivity index (χ2n) is 27.2. The summed E-state index contributed by atoms with van der Waals surface area (Å²) in [5, 5.41) is 4.52. The third-order valence-corrected chi connectivity index (χ3v) is 16.1. The van der Waals surface area contributed by atoms with Gasteiger partial charge in [-0.3, -0.25) is 0 Å². The van der Waals surface area contributed by atoms with E-state index in [9.17, 15) is 0 Å². The number of ether oxygens (including phenoxy) is 1. The molecule has 11 aromatic rings. The van der Waals surface area contributed by atoms with Crippen LogP contribution in [0.3, 0.4) is 0 Å². The van der Waals surface area contributed by atoms with Gasteiger partial charge in [-0.05, 0) is 132 Å². The molecule has 0 fully saturated rings. The van der Waals surface area contributed by atoms with Gasteiger partial charge in [-0.1, -0.05) is 200 Å². The summed E-state index contributed by atoms with van der Waals surface area (Å²) in [6.45, 7) is 36.9. The van der Waals surface area contributed by atoms with E-state index in [0.29, 0.717) is 11.5 Å². The number of aromatic nitrogens is 3. The summed E-state index contributed by atoms with van der Waals surface area (Å²) < 4.78 is 11.9. The van der Waals surface area contributed by atoms with E-state index >= 15 is 0 Å². The van der Waals surface area contributed by atoms with Crippen molar-refractivity contribution in [2.24, 2.45) is 0 Å². The van der Waals surface area contributed by atoms with E-state index in [1.165, 1.54) is 44.2 Å². The average molecular weight is 1240 g/mol. The first kappa shape index (κ1) is 55.5. The minimum atomic E-state index is -0.137. The summed E-state index contributed by atoms with van der Waals surface area (Å²) >= 11 is 0. The zero-order valence-corrected chi connectivity index (χ0v) is 52.0. The fraction of sp³-hybridized carbons (Fsp3) is 0.270. The molecule has 6 nitrogen and oxygen atoms in total. The number of anilines is 4. The first-order valence-corrected chi connectivity index (χ1v) is 28.4. The molecular formula is C74H74N5OPt-3. The molecule has 0 unspecified atom stereocenters. The maximum atomic E-state index is 7.17. The predicted molar refractivity (Wildman–Crippen MR) is 338 cm³/mol. The van der Waals surface area contributed by atoms with Gasteiger partial charge in [0, 0.05) is 72.1 Å². The molecule has 0 N–H and O–H groups in total. The van der Waals surface area contributed by atoms with Crippen LogP contribution >= 0.6 is 0 Å². The molecule has 0 saturated heterocycles. The van der Waals surface area contributed by atoms with E-state index in [2.05, 4.69) is 299 Å². The normalized spacial score (nSPS) is 13.4. The number of fused-ring (bicyclic) bond motifs is 7. The fourth-order valence-corrected chi connectivity index (χ4v) is 11.8. The van der Waals surface area contributed by atoms with Crippen molar-refractivity contribution in [1.29, 1.82) is 0 Å². The first-order chi connectivity index (χ1) is 37.8. The topological polar surface area (TPSA) is 38.5 Å². The van der Waals surface area contributed by atoms with E-state index in [4.69, 9.17) is 9.72 Å². The molecule has 3 aromatic heterocycles. The first-order valence-electron chi connectivity index (χ1n) is 28.4. The molecule has 81 heavy (non-hydrogen) atoms. The van der Waals surface area contributed by atoms with Crippen molar-refractivity contribution in [3.63, 3.8) is 0 Å². The summed E-state index contributed by atoms with van der Waals surface area (Å²) in [6, 6.07) is 67.1. The molecule has 7 heteroatoms. The van der Waals surface area contributed by atoms with Crippen molar-refractivity contribution < 1.29 is 25.8 Å². The van der Waals surface area contributed by atoms with Crippen LogP contribution < -0.4 is 14.5 Å². The largest absolute Gasteiger partial charge is 0.509 e. The smallest absolute Gasteiger partial charge is 0.136 e. The Morgan fingerprint density at radius 2 is 0.938 bits per heavy atom. The van der Waals surface area contributed by atoms with Crippen LogP contribution in [0.2, 0.25) is 0 Å².